The Bertz CT molecular complexity index is 445. The van der Waals surface area contributed by atoms with Crippen molar-refractivity contribution in [3.8, 4) is 0 Å². The Morgan fingerprint density at radius 3 is 2.50 bits per heavy atom. The lowest BCUT2D eigenvalue weighted by molar-refractivity contribution is -0.146. The maximum absolute atomic E-state index is 11.9. The van der Waals surface area contributed by atoms with Crippen LogP contribution in [-0.4, -0.2) is 42.2 Å². The number of carbonyl (C=O) groups is 1. The molecule has 20 heavy (non-hydrogen) atoms. The first-order valence-electron chi connectivity index (χ1n) is 7.36. The fraction of sp³-hybridized carbons (Fsp3) is 0.562. The number of carboxylic acids is 1. The lowest BCUT2D eigenvalue weighted by atomic mass is 9.89. The van der Waals surface area contributed by atoms with Crippen molar-refractivity contribution in [3.63, 3.8) is 0 Å². The van der Waals surface area contributed by atoms with E-state index in [4.69, 9.17) is 0 Å². The summed E-state index contributed by atoms with van der Waals surface area (Å²) in [6.07, 6.45) is 3.42. The molecule has 1 unspecified atom stereocenters. The molecule has 2 rings (SSSR count). The van der Waals surface area contributed by atoms with Crippen LogP contribution in [0, 0.1) is 0 Å². The molecule has 1 aliphatic carbocycles. The Hall–Kier alpha value is -1.39. The fourth-order valence-electron chi connectivity index (χ4n) is 2.76. The van der Waals surface area contributed by atoms with Crippen LogP contribution >= 0.6 is 0 Å². The molecule has 4 nitrogen and oxygen atoms in total. The molecule has 0 bridgehead atoms. The molecule has 2 N–H and O–H groups in total. The van der Waals surface area contributed by atoms with Crippen LogP contribution in [0.1, 0.15) is 31.7 Å². The fourth-order valence-corrected chi connectivity index (χ4v) is 2.76. The third kappa shape index (κ3) is 3.02. The van der Waals surface area contributed by atoms with Crippen molar-refractivity contribution < 1.29 is 9.90 Å². The second-order valence-corrected chi connectivity index (χ2v) is 5.53. The Balaban J connectivity index is 2.29. The molecule has 0 aliphatic heterocycles. The predicted octanol–water partition coefficient (Wildman–Crippen LogP) is 2.06. The summed E-state index contributed by atoms with van der Waals surface area (Å²) in [5.74, 6) is -0.812. The van der Waals surface area contributed by atoms with Gasteiger partial charge in [-0.2, -0.15) is 0 Å². The van der Waals surface area contributed by atoms with Crippen molar-refractivity contribution in [2.75, 3.05) is 20.1 Å². The number of likely N-dealkylation sites (N-methyl/N-ethyl adjacent to an activating group) is 1. The van der Waals surface area contributed by atoms with E-state index in [0.717, 1.165) is 18.5 Å². The normalized spacial score (nSPS) is 17.9. The van der Waals surface area contributed by atoms with Gasteiger partial charge in [0.15, 0.2) is 5.54 Å². The van der Waals surface area contributed by atoms with E-state index in [1.807, 2.05) is 30.3 Å². The lowest BCUT2D eigenvalue weighted by Gasteiger charge is -2.35. The van der Waals surface area contributed by atoms with Gasteiger partial charge in [-0.05, 0) is 38.4 Å². The zero-order valence-electron chi connectivity index (χ0n) is 12.3. The number of nitrogens with zero attached hydrogens (tertiary/aromatic N) is 1. The van der Waals surface area contributed by atoms with Gasteiger partial charge in [-0.1, -0.05) is 37.3 Å². The number of carboxylic acid groups (broad SMARTS) is 1. The molecule has 0 spiro atoms. The Kier molecular flexibility index (Phi) is 4.78. The van der Waals surface area contributed by atoms with Gasteiger partial charge in [0.25, 0.3) is 0 Å². The molecule has 0 heterocycles. The molecule has 1 atom stereocenters. The Morgan fingerprint density at radius 2 is 2.05 bits per heavy atom. The van der Waals surface area contributed by atoms with Gasteiger partial charge in [0.1, 0.15) is 0 Å². The standard InChI is InChI=1S/C16H24N2O2/c1-3-11-18(14-9-10-14)12-16(17-2,15(19)20)13-7-5-4-6-8-13/h4-8,14,17H,3,9-12H2,1-2H3,(H,19,20). The zero-order chi connectivity index (χ0) is 14.6. The van der Waals surface area contributed by atoms with Gasteiger partial charge < -0.3 is 10.4 Å². The summed E-state index contributed by atoms with van der Waals surface area (Å²) in [7, 11) is 1.73. The third-order valence-corrected chi connectivity index (χ3v) is 4.07. The largest absolute Gasteiger partial charge is 0.480 e. The maximum Gasteiger partial charge on any atom is 0.329 e. The Morgan fingerprint density at radius 1 is 1.40 bits per heavy atom. The summed E-state index contributed by atoms with van der Waals surface area (Å²) in [6.45, 7) is 3.61. The van der Waals surface area contributed by atoms with Gasteiger partial charge in [-0.15, -0.1) is 0 Å². The highest BCUT2D eigenvalue weighted by Gasteiger charge is 2.43. The van der Waals surface area contributed by atoms with Gasteiger partial charge in [0.2, 0.25) is 0 Å². The van der Waals surface area contributed by atoms with Crippen LogP contribution < -0.4 is 5.32 Å². The first-order chi connectivity index (χ1) is 9.64. The summed E-state index contributed by atoms with van der Waals surface area (Å²) in [5.41, 5.74) is -0.212. The van der Waals surface area contributed by atoms with E-state index in [1.54, 1.807) is 7.05 Å². The number of nitrogens with one attached hydrogen (secondary N) is 1. The van der Waals surface area contributed by atoms with Crippen LogP contribution in [0.2, 0.25) is 0 Å². The third-order valence-electron chi connectivity index (χ3n) is 4.07. The molecule has 0 aromatic heterocycles. The highest BCUT2D eigenvalue weighted by Crippen LogP contribution is 2.31. The number of rotatable bonds is 8. The van der Waals surface area contributed by atoms with Gasteiger partial charge in [-0.3, -0.25) is 4.90 Å². The van der Waals surface area contributed by atoms with E-state index in [2.05, 4.69) is 17.1 Å². The number of hydrogen-bond donors (Lipinski definition) is 2. The van der Waals surface area contributed by atoms with Crippen LogP contribution in [0.4, 0.5) is 0 Å². The smallest absolute Gasteiger partial charge is 0.329 e. The molecular weight excluding hydrogens is 252 g/mol. The van der Waals surface area contributed by atoms with Crippen molar-refractivity contribution in [2.45, 2.75) is 37.8 Å². The monoisotopic (exact) mass is 276 g/mol. The molecule has 1 aromatic carbocycles. The van der Waals surface area contributed by atoms with Gasteiger partial charge >= 0.3 is 5.97 Å². The van der Waals surface area contributed by atoms with Crippen molar-refractivity contribution in [2.24, 2.45) is 0 Å². The molecule has 1 fully saturated rings. The van der Waals surface area contributed by atoms with Gasteiger partial charge in [0.05, 0.1) is 0 Å². The SMILES string of the molecule is CCCN(CC(NC)(C(=O)O)c1ccccc1)C1CC1. The molecule has 1 saturated carbocycles. The summed E-state index contributed by atoms with van der Waals surface area (Å²) in [6, 6.07) is 10.0. The van der Waals surface area contributed by atoms with E-state index < -0.39 is 11.5 Å². The first kappa shape index (κ1) is 15.0. The average Bonchev–Trinajstić information content (AvgIpc) is 3.29. The first-order valence-corrected chi connectivity index (χ1v) is 7.36. The minimum atomic E-state index is -1.03. The summed E-state index contributed by atoms with van der Waals surface area (Å²) in [5, 5.41) is 12.9. The molecule has 0 amide bonds. The summed E-state index contributed by atoms with van der Waals surface area (Å²) >= 11 is 0. The average molecular weight is 276 g/mol. The Labute approximate surface area is 120 Å². The molecular formula is C16H24N2O2. The lowest BCUT2D eigenvalue weighted by Crippen LogP contribution is -2.55. The van der Waals surface area contributed by atoms with Crippen LogP contribution in [0.25, 0.3) is 0 Å². The summed E-state index contributed by atoms with van der Waals surface area (Å²) in [4.78, 5) is 14.3. The highest BCUT2D eigenvalue weighted by molar-refractivity contribution is 5.81. The van der Waals surface area contributed by atoms with Gasteiger partial charge in [0, 0.05) is 12.6 Å². The van der Waals surface area contributed by atoms with Crippen molar-refractivity contribution >= 4 is 5.97 Å². The number of hydrogen-bond acceptors (Lipinski definition) is 3. The predicted molar refractivity (Wildman–Crippen MR) is 79.7 cm³/mol. The maximum atomic E-state index is 11.9. The minimum absolute atomic E-state index is 0.515. The molecule has 110 valence electrons. The second kappa shape index (κ2) is 6.37. The second-order valence-electron chi connectivity index (χ2n) is 5.53. The summed E-state index contributed by atoms with van der Waals surface area (Å²) < 4.78 is 0. The van der Waals surface area contributed by atoms with Crippen LogP contribution in [0.3, 0.4) is 0 Å². The van der Waals surface area contributed by atoms with E-state index in [-0.39, 0.29) is 0 Å². The molecule has 0 radical (unpaired) electrons. The minimum Gasteiger partial charge on any atom is -0.480 e. The molecule has 4 heteroatoms. The topological polar surface area (TPSA) is 52.6 Å². The van der Waals surface area contributed by atoms with Crippen molar-refractivity contribution in [3.05, 3.63) is 35.9 Å². The molecule has 1 aromatic rings. The number of benzene rings is 1. The highest BCUT2D eigenvalue weighted by atomic mass is 16.4. The molecule has 0 saturated heterocycles. The quantitative estimate of drug-likeness (QED) is 0.763. The van der Waals surface area contributed by atoms with E-state index >= 15 is 0 Å². The van der Waals surface area contributed by atoms with Gasteiger partial charge in [-0.25, -0.2) is 4.79 Å². The number of aliphatic carboxylic acids is 1. The van der Waals surface area contributed by atoms with E-state index in [9.17, 15) is 9.90 Å². The van der Waals surface area contributed by atoms with E-state index in [1.165, 1.54) is 12.8 Å². The van der Waals surface area contributed by atoms with E-state index in [0.29, 0.717) is 12.6 Å². The van der Waals surface area contributed by atoms with Crippen molar-refractivity contribution in [1.82, 2.24) is 10.2 Å². The van der Waals surface area contributed by atoms with Crippen LogP contribution in [0.15, 0.2) is 30.3 Å². The zero-order valence-corrected chi connectivity index (χ0v) is 12.3. The molecule has 1 aliphatic rings. The van der Waals surface area contributed by atoms with Crippen LogP contribution in [-0.2, 0) is 10.3 Å². The van der Waals surface area contributed by atoms with Crippen molar-refractivity contribution in [1.29, 1.82) is 0 Å². The van der Waals surface area contributed by atoms with Crippen LogP contribution in [0.5, 0.6) is 0 Å².